The predicted molar refractivity (Wildman–Crippen MR) is 87.6 cm³/mol. The zero-order valence-electron chi connectivity index (χ0n) is 12.9. The third-order valence-electron chi connectivity index (χ3n) is 4.65. The highest BCUT2D eigenvalue weighted by atomic mass is 32.2. The highest BCUT2D eigenvalue weighted by molar-refractivity contribution is 8.00. The number of rotatable bonds is 4. The van der Waals surface area contributed by atoms with Gasteiger partial charge in [-0.3, -0.25) is 0 Å². The summed E-state index contributed by atoms with van der Waals surface area (Å²) in [6.45, 7) is 3.62. The molecule has 3 nitrogen and oxygen atoms in total. The van der Waals surface area contributed by atoms with Gasteiger partial charge in [-0.15, -0.1) is 11.8 Å². The van der Waals surface area contributed by atoms with Crippen molar-refractivity contribution in [2.45, 2.75) is 48.8 Å². The molecule has 0 aromatic heterocycles. The molecule has 1 N–H and O–H groups in total. The van der Waals surface area contributed by atoms with E-state index in [0.29, 0.717) is 24.5 Å². The van der Waals surface area contributed by atoms with Crippen LogP contribution >= 0.6 is 11.8 Å². The summed E-state index contributed by atoms with van der Waals surface area (Å²) in [5, 5.41) is 4.15. The van der Waals surface area contributed by atoms with Crippen LogP contribution in [0.15, 0.2) is 23.1 Å². The summed E-state index contributed by atoms with van der Waals surface area (Å²) in [6.07, 6.45) is 5.26. The van der Waals surface area contributed by atoms with E-state index in [4.69, 9.17) is 9.47 Å². The first-order chi connectivity index (χ1) is 10.3. The Morgan fingerprint density at radius 3 is 2.76 bits per heavy atom. The number of thioether (sulfide) groups is 1. The molecular formula is C17H25NO2S. The number of fused-ring (bicyclic) bond motifs is 1. The van der Waals surface area contributed by atoms with Crippen molar-refractivity contribution >= 4 is 11.8 Å². The van der Waals surface area contributed by atoms with Crippen molar-refractivity contribution < 1.29 is 9.47 Å². The van der Waals surface area contributed by atoms with Crippen LogP contribution in [0.5, 0.6) is 11.5 Å². The Bertz CT molecular complexity index is 480. The molecule has 0 amide bonds. The first kappa shape index (κ1) is 15.0. The van der Waals surface area contributed by atoms with Crippen molar-refractivity contribution in [1.29, 1.82) is 0 Å². The average Bonchev–Trinajstić information content (AvgIpc) is 2.54. The minimum absolute atomic E-state index is 0.617. The number of benzene rings is 1. The quantitative estimate of drug-likeness (QED) is 0.918. The molecule has 1 aliphatic carbocycles. The Labute approximate surface area is 131 Å². The number of hydrogen-bond acceptors (Lipinski definition) is 4. The van der Waals surface area contributed by atoms with E-state index in [9.17, 15) is 0 Å². The summed E-state index contributed by atoms with van der Waals surface area (Å²) in [4.78, 5) is 1.29. The summed E-state index contributed by atoms with van der Waals surface area (Å²) in [5.74, 6) is 2.66. The number of hydrogen-bond donors (Lipinski definition) is 1. The lowest BCUT2D eigenvalue weighted by atomic mass is 9.84. The van der Waals surface area contributed by atoms with Crippen LogP contribution in [0.25, 0.3) is 0 Å². The van der Waals surface area contributed by atoms with Crippen LogP contribution in [-0.4, -0.2) is 31.6 Å². The highest BCUT2D eigenvalue weighted by Crippen LogP contribution is 2.40. The van der Waals surface area contributed by atoms with E-state index < -0.39 is 0 Å². The maximum absolute atomic E-state index is 5.69. The van der Waals surface area contributed by atoms with Gasteiger partial charge in [0, 0.05) is 16.2 Å². The molecule has 1 aliphatic heterocycles. The average molecular weight is 307 g/mol. The minimum atomic E-state index is 0.617. The van der Waals surface area contributed by atoms with E-state index in [-0.39, 0.29) is 0 Å². The van der Waals surface area contributed by atoms with E-state index in [1.807, 2.05) is 17.8 Å². The standard InChI is InChI=1S/C17H25NO2S/c1-3-12-4-6-14(18-2)17(10-12)21-13-5-7-15-16(11-13)20-9-8-19-15/h5,7,11-12,14,17-18H,3-4,6,8-10H2,1-2H3. The van der Waals surface area contributed by atoms with Gasteiger partial charge in [0.15, 0.2) is 11.5 Å². The van der Waals surface area contributed by atoms with Gasteiger partial charge >= 0.3 is 0 Å². The zero-order chi connectivity index (χ0) is 14.7. The van der Waals surface area contributed by atoms with E-state index in [2.05, 4.69) is 31.4 Å². The molecule has 1 heterocycles. The SMILES string of the molecule is CCC1CCC(NC)C(Sc2ccc3c(c2)OCCO3)C1. The molecule has 0 saturated heterocycles. The van der Waals surface area contributed by atoms with Gasteiger partial charge in [-0.1, -0.05) is 13.3 Å². The van der Waals surface area contributed by atoms with Gasteiger partial charge in [-0.25, -0.2) is 0 Å². The second kappa shape index (κ2) is 6.93. The van der Waals surface area contributed by atoms with E-state index >= 15 is 0 Å². The lowest BCUT2D eigenvalue weighted by Crippen LogP contribution is -2.40. The lowest BCUT2D eigenvalue weighted by molar-refractivity contribution is 0.171. The van der Waals surface area contributed by atoms with E-state index in [1.54, 1.807) is 0 Å². The summed E-state index contributed by atoms with van der Waals surface area (Å²) < 4.78 is 11.3. The Morgan fingerprint density at radius 2 is 2.00 bits per heavy atom. The molecular weight excluding hydrogens is 282 g/mol. The third kappa shape index (κ3) is 3.49. The topological polar surface area (TPSA) is 30.5 Å². The molecule has 1 saturated carbocycles. The zero-order valence-corrected chi connectivity index (χ0v) is 13.7. The van der Waals surface area contributed by atoms with Crippen molar-refractivity contribution in [1.82, 2.24) is 5.32 Å². The Balaban J connectivity index is 1.71. The minimum Gasteiger partial charge on any atom is -0.486 e. The molecule has 4 heteroatoms. The largest absolute Gasteiger partial charge is 0.486 e. The third-order valence-corrected chi connectivity index (χ3v) is 6.00. The summed E-state index contributed by atoms with van der Waals surface area (Å²) >= 11 is 1.99. The van der Waals surface area contributed by atoms with Crippen molar-refractivity contribution in [2.24, 2.45) is 5.92 Å². The fraction of sp³-hybridized carbons (Fsp3) is 0.647. The molecule has 1 aromatic rings. The molecule has 3 atom stereocenters. The molecule has 116 valence electrons. The van der Waals surface area contributed by atoms with Crippen LogP contribution in [0.1, 0.15) is 32.6 Å². The van der Waals surface area contributed by atoms with Crippen molar-refractivity contribution in [2.75, 3.05) is 20.3 Å². The van der Waals surface area contributed by atoms with E-state index in [0.717, 1.165) is 17.4 Å². The monoisotopic (exact) mass is 307 g/mol. The first-order valence-electron chi connectivity index (χ1n) is 8.03. The fourth-order valence-electron chi connectivity index (χ4n) is 3.31. The maximum Gasteiger partial charge on any atom is 0.162 e. The highest BCUT2D eigenvalue weighted by Gasteiger charge is 2.29. The summed E-state index contributed by atoms with van der Waals surface area (Å²) in [7, 11) is 2.09. The van der Waals surface area contributed by atoms with Crippen LogP contribution in [0.3, 0.4) is 0 Å². The molecule has 1 fully saturated rings. The van der Waals surface area contributed by atoms with E-state index in [1.165, 1.54) is 30.6 Å². The lowest BCUT2D eigenvalue weighted by Gasteiger charge is -2.35. The molecule has 0 spiro atoms. The molecule has 3 unspecified atom stereocenters. The van der Waals surface area contributed by atoms with Gasteiger partial charge in [-0.2, -0.15) is 0 Å². The summed E-state index contributed by atoms with van der Waals surface area (Å²) in [6, 6.07) is 6.97. The maximum atomic E-state index is 5.69. The Kier molecular flexibility index (Phi) is 4.96. The van der Waals surface area contributed by atoms with Crippen molar-refractivity contribution in [3.05, 3.63) is 18.2 Å². The number of ether oxygens (including phenoxy) is 2. The molecule has 3 rings (SSSR count). The summed E-state index contributed by atoms with van der Waals surface area (Å²) in [5.41, 5.74) is 0. The second-order valence-electron chi connectivity index (χ2n) is 5.94. The fourth-order valence-corrected chi connectivity index (χ4v) is 4.79. The van der Waals surface area contributed by atoms with Crippen molar-refractivity contribution in [3.8, 4) is 11.5 Å². The smallest absolute Gasteiger partial charge is 0.162 e. The van der Waals surface area contributed by atoms with Gasteiger partial charge < -0.3 is 14.8 Å². The van der Waals surface area contributed by atoms with Gasteiger partial charge in [0.05, 0.1) is 0 Å². The van der Waals surface area contributed by atoms with Crippen LogP contribution in [-0.2, 0) is 0 Å². The van der Waals surface area contributed by atoms with Crippen molar-refractivity contribution in [3.63, 3.8) is 0 Å². The first-order valence-corrected chi connectivity index (χ1v) is 8.91. The molecule has 0 radical (unpaired) electrons. The molecule has 0 bridgehead atoms. The molecule has 2 aliphatic rings. The van der Waals surface area contributed by atoms with Crippen LogP contribution in [0, 0.1) is 5.92 Å². The normalized spacial score (nSPS) is 28.4. The Morgan fingerprint density at radius 1 is 1.19 bits per heavy atom. The van der Waals surface area contributed by atoms with Crippen LogP contribution in [0.4, 0.5) is 0 Å². The van der Waals surface area contributed by atoms with Gasteiger partial charge in [0.1, 0.15) is 13.2 Å². The molecule has 1 aromatic carbocycles. The van der Waals surface area contributed by atoms with Crippen LogP contribution in [0.2, 0.25) is 0 Å². The number of nitrogens with one attached hydrogen (secondary N) is 1. The molecule has 21 heavy (non-hydrogen) atoms. The van der Waals surface area contributed by atoms with Gasteiger partial charge in [0.25, 0.3) is 0 Å². The second-order valence-corrected chi connectivity index (χ2v) is 7.26. The van der Waals surface area contributed by atoms with Crippen LogP contribution < -0.4 is 14.8 Å². The Hall–Kier alpha value is -0.870. The predicted octanol–water partition coefficient (Wildman–Crippen LogP) is 3.72. The van der Waals surface area contributed by atoms with Gasteiger partial charge in [0.2, 0.25) is 0 Å². The van der Waals surface area contributed by atoms with Gasteiger partial charge in [-0.05, 0) is 50.4 Å².